The molecular formula is C27H28BrN3O4. The predicted molar refractivity (Wildman–Crippen MR) is 141 cm³/mol. The molecule has 3 rings (SSSR count). The summed E-state index contributed by atoms with van der Waals surface area (Å²) in [5.41, 5.74) is 7.55. The molecule has 0 saturated carbocycles. The predicted octanol–water partition coefficient (Wildman–Crippen LogP) is 5.44. The first-order valence-corrected chi connectivity index (χ1v) is 11.9. The number of carbonyl (C=O) groups excluding carboxylic acids is 2. The fourth-order valence-corrected chi connectivity index (χ4v) is 3.83. The number of amides is 2. The number of hydrogen-bond acceptors (Lipinski definition) is 5. The first kappa shape index (κ1) is 26.0. The highest BCUT2D eigenvalue weighted by molar-refractivity contribution is 9.10. The highest BCUT2D eigenvalue weighted by atomic mass is 79.9. The molecule has 0 atom stereocenters. The molecule has 0 heterocycles. The fourth-order valence-electron chi connectivity index (χ4n) is 3.25. The summed E-state index contributed by atoms with van der Waals surface area (Å²) in [4.78, 5) is 24.4. The van der Waals surface area contributed by atoms with E-state index < -0.39 is 11.8 Å². The Balaban J connectivity index is 1.67. The lowest BCUT2D eigenvalue weighted by molar-refractivity contribution is -0.136. The van der Waals surface area contributed by atoms with Crippen molar-refractivity contribution in [2.75, 3.05) is 11.9 Å². The Kier molecular flexibility index (Phi) is 9.03. The Morgan fingerprint density at radius 2 is 1.74 bits per heavy atom. The Hall–Kier alpha value is -3.65. The SMILES string of the molecule is CCOc1cc(C=NNC(=O)C(=O)Nc2cc(C)ccc2C)cc(Br)c1OCc1ccccc1C. The van der Waals surface area contributed by atoms with Crippen molar-refractivity contribution in [3.63, 3.8) is 0 Å². The van der Waals surface area contributed by atoms with Crippen LogP contribution in [0.4, 0.5) is 5.69 Å². The number of hydrazone groups is 1. The van der Waals surface area contributed by atoms with E-state index in [1.165, 1.54) is 6.21 Å². The van der Waals surface area contributed by atoms with Crippen LogP contribution >= 0.6 is 15.9 Å². The molecule has 0 saturated heterocycles. The van der Waals surface area contributed by atoms with Crippen LogP contribution in [0.1, 0.15) is 34.7 Å². The van der Waals surface area contributed by atoms with Crippen LogP contribution in [0.3, 0.4) is 0 Å². The van der Waals surface area contributed by atoms with Gasteiger partial charge in [-0.25, -0.2) is 5.43 Å². The second-order valence-electron chi connectivity index (χ2n) is 7.95. The molecule has 0 aliphatic heterocycles. The largest absolute Gasteiger partial charge is 0.490 e. The number of ether oxygens (including phenoxy) is 2. The normalized spacial score (nSPS) is 10.8. The molecular weight excluding hydrogens is 510 g/mol. The van der Waals surface area contributed by atoms with E-state index in [0.717, 1.165) is 22.3 Å². The van der Waals surface area contributed by atoms with Crippen molar-refractivity contribution in [1.82, 2.24) is 5.43 Å². The molecule has 0 aliphatic carbocycles. The lowest BCUT2D eigenvalue weighted by Gasteiger charge is -2.15. The summed E-state index contributed by atoms with van der Waals surface area (Å²) in [6.45, 7) is 8.52. The van der Waals surface area contributed by atoms with E-state index in [1.54, 1.807) is 18.2 Å². The maximum absolute atomic E-state index is 12.2. The number of nitrogens with zero attached hydrogens (tertiary/aromatic N) is 1. The van der Waals surface area contributed by atoms with Crippen molar-refractivity contribution in [1.29, 1.82) is 0 Å². The zero-order valence-corrected chi connectivity index (χ0v) is 21.7. The Bertz CT molecular complexity index is 1260. The third-order valence-electron chi connectivity index (χ3n) is 5.19. The molecule has 0 aliphatic rings. The molecule has 8 heteroatoms. The number of halogens is 1. The number of hydrogen-bond donors (Lipinski definition) is 2. The smallest absolute Gasteiger partial charge is 0.329 e. The quantitative estimate of drug-likeness (QED) is 0.227. The summed E-state index contributed by atoms with van der Waals surface area (Å²) in [6, 6.07) is 17.2. The van der Waals surface area contributed by atoms with Crippen LogP contribution in [0.2, 0.25) is 0 Å². The van der Waals surface area contributed by atoms with E-state index in [0.29, 0.717) is 40.4 Å². The van der Waals surface area contributed by atoms with Crippen LogP contribution in [0.15, 0.2) is 64.2 Å². The molecule has 3 aromatic carbocycles. The van der Waals surface area contributed by atoms with Gasteiger partial charge in [-0.3, -0.25) is 9.59 Å². The van der Waals surface area contributed by atoms with Crippen LogP contribution in [0, 0.1) is 20.8 Å². The third kappa shape index (κ3) is 7.16. The zero-order valence-electron chi connectivity index (χ0n) is 20.1. The summed E-state index contributed by atoms with van der Waals surface area (Å²) >= 11 is 3.54. The van der Waals surface area contributed by atoms with Crippen LogP contribution in [-0.4, -0.2) is 24.6 Å². The number of aryl methyl sites for hydroxylation is 3. The van der Waals surface area contributed by atoms with Gasteiger partial charge in [-0.2, -0.15) is 5.10 Å². The van der Waals surface area contributed by atoms with E-state index in [2.05, 4.69) is 31.8 Å². The Labute approximate surface area is 213 Å². The standard InChI is InChI=1S/C27H28BrN3O4/c1-5-34-24-14-20(13-22(28)25(24)35-16-21-9-7-6-8-18(21)3)15-29-31-27(33)26(32)30-23-12-17(2)10-11-19(23)4/h6-15H,5,16H2,1-4H3,(H,30,32)(H,31,33). The van der Waals surface area contributed by atoms with E-state index in [1.807, 2.05) is 64.1 Å². The number of rotatable bonds is 8. The van der Waals surface area contributed by atoms with Crippen LogP contribution in [0.5, 0.6) is 11.5 Å². The number of anilines is 1. The monoisotopic (exact) mass is 537 g/mol. The van der Waals surface area contributed by atoms with Crippen LogP contribution < -0.4 is 20.2 Å². The van der Waals surface area contributed by atoms with Crippen molar-refractivity contribution in [3.05, 3.63) is 86.9 Å². The second-order valence-corrected chi connectivity index (χ2v) is 8.80. The molecule has 35 heavy (non-hydrogen) atoms. The lowest BCUT2D eigenvalue weighted by atomic mass is 10.1. The molecule has 0 fully saturated rings. The van der Waals surface area contributed by atoms with Gasteiger partial charge in [0.25, 0.3) is 0 Å². The van der Waals surface area contributed by atoms with Crippen molar-refractivity contribution in [2.24, 2.45) is 5.10 Å². The summed E-state index contributed by atoms with van der Waals surface area (Å²) < 4.78 is 12.5. The molecule has 182 valence electrons. The first-order valence-electron chi connectivity index (χ1n) is 11.1. The van der Waals surface area contributed by atoms with Crippen molar-refractivity contribution >= 4 is 39.6 Å². The van der Waals surface area contributed by atoms with Gasteiger partial charge in [0.15, 0.2) is 11.5 Å². The molecule has 2 N–H and O–H groups in total. The Morgan fingerprint density at radius 1 is 0.971 bits per heavy atom. The average molecular weight is 538 g/mol. The summed E-state index contributed by atoms with van der Waals surface area (Å²) in [6.07, 6.45) is 1.43. The van der Waals surface area contributed by atoms with Gasteiger partial charge in [-0.1, -0.05) is 36.4 Å². The van der Waals surface area contributed by atoms with Crippen LogP contribution in [0.25, 0.3) is 0 Å². The highest BCUT2D eigenvalue weighted by Crippen LogP contribution is 2.37. The van der Waals surface area contributed by atoms with Gasteiger partial charge in [0.1, 0.15) is 6.61 Å². The molecule has 0 aromatic heterocycles. The van der Waals surface area contributed by atoms with Gasteiger partial charge >= 0.3 is 11.8 Å². The van der Waals surface area contributed by atoms with Crippen LogP contribution in [-0.2, 0) is 16.2 Å². The summed E-state index contributed by atoms with van der Waals surface area (Å²) in [7, 11) is 0. The minimum absolute atomic E-state index is 0.393. The highest BCUT2D eigenvalue weighted by Gasteiger charge is 2.15. The molecule has 0 bridgehead atoms. The Morgan fingerprint density at radius 3 is 2.49 bits per heavy atom. The summed E-state index contributed by atoms with van der Waals surface area (Å²) in [5, 5.41) is 6.52. The zero-order chi connectivity index (χ0) is 25.4. The van der Waals surface area contributed by atoms with Gasteiger partial charge in [0, 0.05) is 5.69 Å². The molecule has 7 nitrogen and oxygen atoms in total. The van der Waals surface area contributed by atoms with Gasteiger partial charge in [-0.05, 0) is 89.6 Å². The minimum atomic E-state index is -0.871. The topological polar surface area (TPSA) is 89.0 Å². The van der Waals surface area contributed by atoms with E-state index >= 15 is 0 Å². The fraction of sp³-hybridized carbons (Fsp3) is 0.222. The minimum Gasteiger partial charge on any atom is -0.490 e. The maximum Gasteiger partial charge on any atom is 0.329 e. The number of nitrogens with one attached hydrogen (secondary N) is 2. The molecule has 2 amide bonds. The van der Waals surface area contributed by atoms with E-state index in [9.17, 15) is 9.59 Å². The number of benzene rings is 3. The lowest BCUT2D eigenvalue weighted by Crippen LogP contribution is -2.32. The van der Waals surface area contributed by atoms with E-state index in [-0.39, 0.29) is 0 Å². The van der Waals surface area contributed by atoms with Crippen molar-refractivity contribution in [2.45, 2.75) is 34.3 Å². The third-order valence-corrected chi connectivity index (χ3v) is 5.78. The molecule has 0 unspecified atom stereocenters. The van der Waals surface area contributed by atoms with Gasteiger partial charge in [0.05, 0.1) is 17.3 Å². The molecule has 3 aromatic rings. The molecule has 0 radical (unpaired) electrons. The maximum atomic E-state index is 12.2. The second kappa shape index (κ2) is 12.2. The number of carbonyl (C=O) groups is 2. The average Bonchev–Trinajstić information content (AvgIpc) is 2.82. The first-order chi connectivity index (χ1) is 16.8. The molecule has 0 spiro atoms. The van der Waals surface area contributed by atoms with Crippen molar-refractivity contribution in [3.8, 4) is 11.5 Å². The van der Waals surface area contributed by atoms with Gasteiger partial charge < -0.3 is 14.8 Å². The van der Waals surface area contributed by atoms with Crippen molar-refractivity contribution < 1.29 is 19.1 Å². The van der Waals surface area contributed by atoms with E-state index in [4.69, 9.17) is 9.47 Å². The van der Waals surface area contributed by atoms with Gasteiger partial charge in [0.2, 0.25) is 0 Å². The van der Waals surface area contributed by atoms with Gasteiger partial charge in [-0.15, -0.1) is 0 Å². The summed E-state index contributed by atoms with van der Waals surface area (Å²) in [5.74, 6) is -0.559.